The standard InChI is InChI=1S/C75H131N2O7P/c1-7-10-13-16-19-22-25-28-30-32-34-36-37-38-39-41-43-45-47-50-53-56-59-62-65-68-75(79)84-73(66-63-60-57-54-51-48-27-24-21-18-15-12-9-3)72(71-83-85(80,81)82-70-69-77(4,5)6)76-74(78)67-64-61-58-55-52-49-46-44-42-40-35-33-31-29-26-23-20-17-14-11-8-2/h10,13,19-20,22-23,28-31,34-36,38-40,44,46,63,66,72-73H,7-9,11-12,14-18,21,24-27,32-33,37,41-43,45,47-62,64-65,67-71H2,1-6H3,(H-,76,78,80,81)/b13-10-,22-19-,23-20-,30-28-,31-29-,36-34-,39-38-,40-35-,46-44-,66-63+. The lowest BCUT2D eigenvalue weighted by molar-refractivity contribution is -0.870. The van der Waals surface area contributed by atoms with Crippen molar-refractivity contribution >= 4 is 19.7 Å². The summed E-state index contributed by atoms with van der Waals surface area (Å²) in [7, 11) is 1.16. The molecule has 0 spiro atoms. The number of hydrogen-bond donors (Lipinski definition) is 1. The highest BCUT2D eigenvalue weighted by Gasteiger charge is 2.27. The molecule has 0 aromatic rings. The molecule has 0 aliphatic rings. The fourth-order valence-corrected chi connectivity index (χ4v) is 10.3. The zero-order valence-corrected chi connectivity index (χ0v) is 56.7. The Labute approximate surface area is 524 Å². The summed E-state index contributed by atoms with van der Waals surface area (Å²) >= 11 is 0. The summed E-state index contributed by atoms with van der Waals surface area (Å²) in [4.78, 5) is 40.2. The molecule has 0 saturated carbocycles. The van der Waals surface area contributed by atoms with Crippen molar-refractivity contribution < 1.29 is 37.3 Å². The van der Waals surface area contributed by atoms with Crippen molar-refractivity contribution in [2.45, 2.75) is 303 Å². The molecule has 0 rings (SSSR count). The van der Waals surface area contributed by atoms with Crippen molar-refractivity contribution in [3.05, 3.63) is 122 Å². The van der Waals surface area contributed by atoms with E-state index in [0.29, 0.717) is 23.9 Å². The number of rotatable bonds is 62. The quantitative estimate of drug-likeness (QED) is 0.0212. The van der Waals surface area contributed by atoms with E-state index in [0.717, 1.165) is 128 Å². The fourth-order valence-electron chi connectivity index (χ4n) is 9.53. The van der Waals surface area contributed by atoms with E-state index in [9.17, 15) is 19.0 Å². The van der Waals surface area contributed by atoms with Gasteiger partial charge in [0.1, 0.15) is 19.3 Å². The number of nitrogens with one attached hydrogen (secondary N) is 1. The Morgan fingerprint density at radius 2 is 0.753 bits per heavy atom. The van der Waals surface area contributed by atoms with Crippen LogP contribution in [0.1, 0.15) is 290 Å². The second-order valence-corrected chi connectivity index (χ2v) is 25.7. The number of phosphoric acid groups is 1. The summed E-state index contributed by atoms with van der Waals surface area (Å²) in [6.07, 6.45) is 88.8. The topological polar surface area (TPSA) is 114 Å². The summed E-state index contributed by atoms with van der Waals surface area (Å²) in [6.45, 7) is 6.69. The molecule has 1 N–H and O–H groups in total. The van der Waals surface area contributed by atoms with Crippen molar-refractivity contribution in [2.24, 2.45) is 0 Å². The van der Waals surface area contributed by atoms with Crippen molar-refractivity contribution in [3.8, 4) is 0 Å². The molecule has 0 aromatic heterocycles. The highest BCUT2D eigenvalue weighted by atomic mass is 31.2. The summed E-state index contributed by atoms with van der Waals surface area (Å²) in [5.41, 5.74) is 0. The first kappa shape index (κ1) is 81.4. The number of ether oxygens (including phenoxy) is 1. The number of unbranched alkanes of at least 4 members (excludes halogenated alkanes) is 28. The Balaban J connectivity index is 5.20. The molecule has 0 radical (unpaired) electrons. The van der Waals surface area contributed by atoms with Gasteiger partial charge in [0, 0.05) is 12.8 Å². The molecule has 0 heterocycles. The Morgan fingerprint density at radius 3 is 1.15 bits per heavy atom. The van der Waals surface area contributed by atoms with Gasteiger partial charge in [-0.05, 0) is 122 Å². The van der Waals surface area contributed by atoms with Crippen LogP contribution in [-0.2, 0) is 27.9 Å². The molecule has 9 nitrogen and oxygen atoms in total. The number of phosphoric ester groups is 1. The van der Waals surface area contributed by atoms with Gasteiger partial charge in [-0.25, -0.2) is 0 Å². The zero-order chi connectivity index (χ0) is 62.1. The van der Waals surface area contributed by atoms with Gasteiger partial charge in [0.15, 0.2) is 0 Å². The van der Waals surface area contributed by atoms with Crippen LogP contribution in [0.15, 0.2) is 122 Å². The van der Waals surface area contributed by atoms with E-state index in [1.165, 1.54) is 116 Å². The van der Waals surface area contributed by atoms with E-state index in [2.05, 4.69) is 135 Å². The molecule has 1 amide bonds. The minimum atomic E-state index is -4.72. The normalized spacial score (nSPS) is 14.3. The minimum absolute atomic E-state index is 0.0332. The summed E-state index contributed by atoms with van der Waals surface area (Å²) in [5.74, 6) is -0.571. The molecule has 0 aliphatic carbocycles. The Hall–Kier alpha value is -3.59. The Morgan fingerprint density at radius 1 is 0.424 bits per heavy atom. The molecule has 85 heavy (non-hydrogen) atoms. The number of carbonyl (C=O) groups is 2. The molecule has 0 fully saturated rings. The van der Waals surface area contributed by atoms with Crippen LogP contribution >= 0.6 is 7.82 Å². The number of esters is 1. The lowest BCUT2D eigenvalue weighted by Gasteiger charge is -2.30. The SMILES string of the molecule is CC/C=C\C/C=C\C/C=C\C/C=C\C/C=C\CCCCCCCCCCCC(=O)OC(/C=C/CCCCCCCCCCCCC)C(COP(=O)([O-])OCC[N+](C)(C)C)NC(=O)CCCCCCC/C=C\C/C=C\C/C=C\C/C=C\CCCCC. The highest BCUT2D eigenvalue weighted by molar-refractivity contribution is 7.45. The number of carbonyl (C=O) groups excluding carboxylic acids is 2. The van der Waals surface area contributed by atoms with E-state index >= 15 is 0 Å². The Kier molecular flexibility index (Phi) is 60.8. The lowest BCUT2D eigenvalue weighted by Crippen LogP contribution is -2.47. The van der Waals surface area contributed by atoms with E-state index < -0.39 is 26.6 Å². The van der Waals surface area contributed by atoms with Crippen LogP contribution in [0.2, 0.25) is 0 Å². The second-order valence-electron chi connectivity index (χ2n) is 24.3. The van der Waals surface area contributed by atoms with Crippen molar-refractivity contribution in [1.29, 1.82) is 0 Å². The first-order valence-corrected chi connectivity index (χ1v) is 36.3. The number of hydrogen-bond acceptors (Lipinski definition) is 7. The number of allylic oxidation sites excluding steroid dienone is 19. The number of likely N-dealkylation sites (N-methyl/N-ethyl adjacent to an activating group) is 1. The van der Waals surface area contributed by atoms with E-state index in [1.54, 1.807) is 0 Å². The molecule has 10 heteroatoms. The minimum Gasteiger partial charge on any atom is -0.756 e. The van der Waals surface area contributed by atoms with Gasteiger partial charge < -0.3 is 28.5 Å². The van der Waals surface area contributed by atoms with Gasteiger partial charge in [-0.1, -0.05) is 277 Å². The van der Waals surface area contributed by atoms with Gasteiger partial charge in [-0.2, -0.15) is 0 Å². The van der Waals surface area contributed by atoms with Crippen LogP contribution in [0.25, 0.3) is 0 Å². The third kappa shape index (κ3) is 64.7. The highest BCUT2D eigenvalue weighted by Crippen LogP contribution is 2.38. The molecule has 0 bridgehead atoms. The van der Waals surface area contributed by atoms with Crippen LogP contribution in [-0.4, -0.2) is 69.4 Å². The molecule has 488 valence electrons. The van der Waals surface area contributed by atoms with Crippen LogP contribution in [0.4, 0.5) is 0 Å². The van der Waals surface area contributed by atoms with Gasteiger partial charge in [-0.15, -0.1) is 0 Å². The largest absolute Gasteiger partial charge is 0.756 e. The fraction of sp³-hybridized carbons (Fsp3) is 0.707. The van der Waals surface area contributed by atoms with Crippen LogP contribution in [0, 0.1) is 0 Å². The molecular formula is C75H131N2O7P. The zero-order valence-electron chi connectivity index (χ0n) is 55.8. The molecule has 3 unspecified atom stereocenters. The summed E-state index contributed by atoms with van der Waals surface area (Å²) in [5, 5.41) is 3.03. The van der Waals surface area contributed by atoms with Crippen molar-refractivity contribution in [2.75, 3.05) is 40.9 Å². The molecule has 0 aromatic carbocycles. The van der Waals surface area contributed by atoms with Crippen LogP contribution in [0.3, 0.4) is 0 Å². The molecule has 0 aliphatic heterocycles. The molecule has 3 atom stereocenters. The average Bonchev–Trinajstić information content (AvgIpc) is 3.48. The first-order chi connectivity index (χ1) is 41.4. The first-order valence-electron chi connectivity index (χ1n) is 34.8. The van der Waals surface area contributed by atoms with Gasteiger partial charge in [-0.3, -0.25) is 14.2 Å². The third-order valence-electron chi connectivity index (χ3n) is 14.9. The number of quaternary nitrogens is 1. The monoisotopic (exact) mass is 1200 g/mol. The van der Waals surface area contributed by atoms with E-state index in [-0.39, 0.29) is 31.3 Å². The van der Waals surface area contributed by atoms with Crippen molar-refractivity contribution in [1.82, 2.24) is 5.32 Å². The number of nitrogens with zero attached hydrogens (tertiary/aromatic N) is 1. The van der Waals surface area contributed by atoms with Crippen LogP contribution in [0.5, 0.6) is 0 Å². The smallest absolute Gasteiger partial charge is 0.306 e. The van der Waals surface area contributed by atoms with Gasteiger partial charge in [0.05, 0.1) is 33.8 Å². The van der Waals surface area contributed by atoms with Gasteiger partial charge >= 0.3 is 5.97 Å². The predicted molar refractivity (Wildman–Crippen MR) is 367 cm³/mol. The van der Waals surface area contributed by atoms with E-state index in [4.69, 9.17) is 13.8 Å². The maximum Gasteiger partial charge on any atom is 0.306 e. The third-order valence-corrected chi connectivity index (χ3v) is 15.8. The average molecular weight is 1200 g/mol. The van der Waals surface area contributed by atoms with Crippen LogP contribution < -0.4 is 10.2 Å². The maximum atomic E-state index is 13.6. The van der Waals surface area contributed by atoms with Crippen molar-refractivity contribution in [3.63, 3.8) is 0 Å². The predicted octanol–water partition coefficient (Wildman–Crippen LogP) is 21.6. The Bertz CT molecular complexity index is 1870. The second kappa shape index (κ2) is 63.4. The molecular weight excluding hydrogens is 1070 g/mol. The van der Waals surface area contributed by atoms with E-state index in [1.807, 2.05) is 33.3 Å². The lowest BCUT2D eigenvalue weighted by atomic mass is 10.0. The summed E-state index contributed by atoms with van der Waals surface area (Å²) < 4.78 is 30.4. The maximum absolute atomic E-state index is 13.6. The van der Waals surface area contributed by atoms with Gasteiger partial charge in [0.2, 0.25) is 5.91 Å². The van der Waals surface area contributed by atoms with Gasteiger partial charge in [0.25, 0.3) is 7.82 Å². The number of amides is 1. The molecule has 0 saturated heterocycles. The summed E-state index contributed by atoms with van der Waals surface area (Å²) in [6, 6.07) is -0.910.